The maximum absolute atomic E-state index is 10.2. The molecule has 0 saturated heterocycles. The van der Waals surface area contributed by atoms with Gasteiger partial charge in [0, 0.05) is 11.6 Å². The molecule has 0 saturated carbocycles. The Balaban J connectivity index is 1.98. The largest absolute Gasteiger partial charge is 0.502 e. The van der Waals surface area contributed by atoms with Crippen LogP contribution < -0.4 is 4.74 Å². The first-order valence-electron chi connectivity index (χ1n) is 7.56. The number of nitriles is 1. The second-order valence-corrected chi connectivity index (χ2v) is 5.40. The maximum Gasteiger partial charge on any atom is 0.195 e. The second-order valence-electron chi connectivity index (χ2n) is 5.40. The molecule has 0 spiro atoms. The number of hydrogen-bond donors (Lipinski definition) is 1. The van der Waals surface area contributed by atoms with Crippen LogP contribution in [0.1, 0.15) is 16.8 Å². The molecule has 118 valence electrons. The molecule has 0 amide bonds. The predicted octanol–water partition coefficient (Wildman–Crippen LogP) is 4.21. The summed E-state index contributed by atoms with van der Waals surface area (Å²) in [4.78, 5) is 4.25. The Hall–Kier alpha value is -3.32. The lowest BCUT2D eigenvalue weighted by atomic mass is 10.0. The molecule has 0 bridgehead atoms. The molecule has 0 aliphatic rings. The van der Waals surface area contributed by atoms with Crippen molar-refractivity contribution in [3.05, 3.63) is 77.5 Å². The lowest BCUT2D eigenvalue weighted by Crippen LogP contribution is -1.99. The summed E-state index contributed by atoms with van der Waals surface area (Å²) in [6.45, 7) is 2.27. The lowest BCUT2D eigenvalue weighted by molar-refractivity contribution is 0.288. The van der Waals surface area contributed by atoms with Crippen LogP contribution in [0.5, 0.6) is 11.5 Å². The van der Waals surface area contributed by atoms with E-state index in [-0.39, 0.29) is 17.2 Å². The molecule has 4 heteroatoms. The third-order valence-corrected chi connectivity index (χ3v) is 3.72. The van der Waals surface area contributed by atoms with Crippen LogP contribution in [-0.2, 0) is 6.61 Å². The summed E-state index contributed by atoms with van der Waals surface area (Å²) in [6, 6.07) is 21.0. The van der Waals surface area contributed by atoms with Crippen molar-refractivity contribution in [1.29, 1.82) is 5.26 Å². The Morgan fingerprint density at radius 2 is 1.79 bits per heavy atom. The van der Waals surface area contributed by atoms with Gasteiger partial charge in [0.1, 0.15) is 12.7 Å². The average molecular weight is 316 g/mol. The zero-order valence-corrected chi connectivity index (χ0v) is 13.2. The van der Waals surface area contributed by atoms with Gasteiger partial charge in [-0.2, -0.15) is 5.26 Å². The number of nitrogens with zero attached hydrogens (tertiary/aromatic N) is 2. The van der Waals surface area contributed by atoms with E-state index in [0.29, 0.717) is 12.3 Å². The average Bonchev–Trinajstić information content (AvgIpc) is 2.62. The van der Waals surface area contributed by atoms with Gasteiger partial charge in [-0.1, -0.05) is 54.6 Å². The zero-order valence-electron chi connectivity index (χ0n) is 13.2. The van der Waals surface area contributed by atoms with E-state index in [1.54, 1.807) is 6.07 Å². The monoisotopic (exact) mass is 316 g/mol. The van der Waals surface area contributed by atoms with Crippen LogP contribution in [0.25, 0.3) is 11.3 Å². The summed E-state index contributed by atoms with van der Waals surface area (Å²) < 4.78 is 5.73. The molecule has 3 aromatic rings. The SMILES string of the molecule is Cc1ccccc1-c1cc(OCc2ccccc2)c(O)c(C#N)n1. The maximum atomic E-state index is 10.2. The van der Waals surface area contributed by atoms with Gasteiger partial charge in [-0.3, -0.25) is 0 Å². The summed E-state index contributed by atoms with van der Waals surface area (Å²) >= 11 is 0. The van der Waals surface area contributed by atoms with E-state index >= 15 is 0 Å². The van der Waals surface area contributed by atoms with Gasteiger partial charge in [-0.25, -0.2) is 4.98 Å². The number of benzene rings is 2. The number of aromatic nitrogens is 1. The van der Waals surface area contributed by atoms with Crippen molar-refractivity contribution in [3.8, 4) is 28.8 Å². The summed E-state index contributed by atoms with van der Waals surface area (Å²) in [5.74, 6) is 0.0226. The van der Waals surface area contributed by atoms with Crippen LogP contribution in [0.3, 0.4) is 0 Å². The molecule has 24 heavy (non-hydrogen) atoms. The number of pyridine rings is 1. The molecule has 0 fully saturated rings. The molecule has 0 radical (unpaired) electrons. The molecule has 0 aliphatic heterocycles. The molecule has 1 heterocycles. The highest BCUT2D eigenvalue weighted by Gasteiger charge is 2.15. The fourth-order valence-electron chi connectivity index (χ4n) is 2.44. The predicted molar refractivity (Wildman–Crippen MR) is 91.6 cm³/mol. The Bertz CT molecular complexity index is 899. The summed E-state index contributed by atoms with van der Waals surface area (Å²) in [5.41, 5.74) is 3.47. The highest BCUT2D eigenvalue weighted by atomic mass is 16.5. The fourth-order valence-corrected chi connectivity index (χ4v) is 2.44. The van der Waals surface area contributed by atoms with Crippen LogP contribution in [0.15, 0.2) is 60.7 Å². The van der Waals surface area contributed by atoms with E-state index in [2.05, 4.69) is 4.98 Å². The quantitative estimate of drug-likeness (QED) is 0.783. The van der Waals surface area contributed by atoms with E-state index in [1.807, 2.05) is 67.6 Å². The first-order valence-corrected chi connectivity index (χ1v) is 7.56. The molecular formula is C20H16N2O2. The molecule has 1 aromatic heterocycles. The van der Waals surface area contributed by atoms with Crippen molar-refractivity contribution < 1.29 is 9.84 Å². The van der Waals surface area contributed by atoms with E-state index in [0.717, 1.165) is 16.7 Å². The highest BCUT2D eigenvalue weighted by Crippen LogP contribution is 2.34. The normalized spacial score (nSPS) is 10.2. The number of aryl methyl sites for hydroxylation is 1. The third-order valence-electron chi connectivity index (χ3n) is 3.72. The smallest absolute Gasteiger partial charge is 0.195 e. The van der Waals surface area contributed by atoms with Gasteiger partial charge in [0.05, 0.1) is 5.69 Å². The topological polar surface area (TPSA) is 66.1 Å². The molecule has 1 N–H and O–H groups in total. The van der Waals surface area contributed by atoms with E-state index in [4.69, 9.17) is 4.74 Å². The summed E-state index contributed by atoms with van der Waals surface area (Å²) in [6.07, 6.45) is 0. The van der Waals surface area contributed by atoms with Crippen LogP contribution >= 0.6 is 0 Å². The van der Waals surface area contributed by atoms with Crippen molar-refractivity contribution in [2.75, 3.05) is 0 Å². The van der Waals surface area contributed by atoms with Gasteiger partial charge in [0.2, 0.25) is 0 Å². The zero-order chi connectivity index (χ0) is 16.9. The van der Waals surface area contributed by atoms with Gasteiger partial charge in [0.15, 0.2) is 17.2 Å². The Kier molecular flexibility index (Phi) is 4.44. The van der Waals surface area contributed by atoms with Crippen molar-refractivity contribution >= 4 is 0 Å². The number of aromatic hydroxyl groups is 1. The first-order chi connectivity index (χ1) is 11.7. The van der Waals surface area contributed by atoms with Gasteiger partial charge < -0.3 is 9.84 Å². The molecular weight excluding hydrogens is 300 g/mol. The van der Waals surface area contributed by atoms with Crippen molar-refractivity contribution in [3.63, 3.8) is 0 Å². The van der Waals surface area contributed by atoms with Crippen molar-refractivity contribution in [2.45, 2.75) is 13.5 Å². The summed E-state index contributed by atoms with van der Waals surface area (Å²) in [7, 11) is 0. The van der Waals surface area contributed by atoms with E-state index in [9.17, 15) is 10.4 Å². The van der Waals surface area contributed by atoms with Crippen LogP contribution in [0.2, 0.25) is 0 Å². The molecule has 0 aliphatic carbocycles. The molecule has 2 aromatic carbocycles. The minimum Gasteiger partial charge on any atom is -0.502 e. The fraction of sp³-hybridized carbons (Fsp3) is 0.100. The Morgan fingerprint density at radius 1 is 1.08 bits per heavy atom. The molecule has 0 unspecified atom stereocenters. The van der Waals surface area contributed by atoms with E-state index in [1.165, 1.54) is 0 Å². The van der Waals surface area contributed by atoms with Crippen molar-refractivity contribution in [1.82, 2.24) is 4.98 Å². The molecule has 0 atom stereocenters. The Labute approximate surface area is 140 Å². The minimum absolute atomic E-state index is 0.0428. The van der Waals surface area contributed by atoms with E-state index < -0.39 is 0 Å². The molecule has 3 rings (SSSR count). The van der Waals surface area contributed by atoms with Crippen molar-refractivity contribution in [2.24, 2.45) is 0 Å². The molecule has 4 nitrogen and oxygen atoms in total. The number of ether oxygens (including phenoxy) is 1. The number of rotatable bonds is 4. The van der Waals surface area contributed by atoms with Gasteiger partial charge in [-0.15, -0.1) is 0 Å². The van der Waals surface area contributed by atoms with Crippen LogP contribution in [0.4, 0.5) is 0 Å². The Morgan fingerprint density at radius 3 is 2.50 bits per heavy atom. The van der Waals surface area contributed by atoms with Gasteiger partial charge in [-0.05, 0) is 18.1 Å². The van der Waals surface area contributed by atoms with Gasteiger partial charge in [0.25, 0.3) is 0 Å². The lowest BCUT2D eigenvalue weighted by Gasteiger charge is -2.12. The van der Waals surface area contributed by atoms with Gasteiger partial charge >= 0.3 is 0 Å². The van der Waals surface area contributed by atoms with Crippen LogP contribution in [-0.4, -0.2) is 10.1 Å². The highest BCUT2D eigenvalue weighted by molar-refractivity contribution is 5.67. The third kappa shape index (κ3) is 3.21. The number of hydrogen-bond acceptors (Lipinski definition) is 4. The summed E-state index contributed by atoms with van der Waals surface area (Å²) in [5, 5.41) is 19.4. The first kappa shape index (κ1) is 15.6. The van der Waals surface area contributed by atoms with Crippen LogP contribution in [0, 0.1) is 18.3 Å². The second kappa shape index (κ2) is 6.84. The minimum atomic E-state index is -0.231. The standard InChI is InChI=1S/C20H16N2O2/c1-14-7-5-6-10-16(14)17-11-19(20(23)18(12-21)22-17)24-13-15-8-3-2-4-9-15/h2-11,23H,13H2,1H3.